The van der Waals surface area contributed by atoms with E-state index in [2.05, 4.69) is 38.3 Å². The maximum Gasteiger partial charge on any atom is 0.410 e. The van der Waals surface area contributed by atoms with Crippen LogP contribution in [0, 0.1) is 11.8 Å². The highest BCUT2D eigenvalue weighted by atomic mass is 16.6. The molecule has 0 radical (unpaired) electrons. The quantitative estimate of drug-likeness (QED) is 0.566. The van der Waals surface area contributed by atoms with Crippen molar-refractivity contribution in [2.24, 2.45) is 11.8 Å². The van der Waals surface area contributed by atoms with Crippen molar-refractivity contribution in [1.82, 2.24) is 9.80 Å². The number of carboxylic acid groups (broad SMARTS) is 1. The lowest BCUT2D eigenvalue weighted by Crippen LogP contribution is -2.47. The van der Waals surface area contributed by atoms with Gasteiger partial charge in [0.2, 0.25) is 0 Å². The lowest BCUT2D eigenvalue weighted by Gasteiger charge is -2.38. The molecule has 7 heteroatoms. The summed E-state index contributed by atoms with van der Waals surface area (Å²) in [5.41, 5.74) is 3.16. The van der Waals surface area contributed by atoms with E-state index in [1.807, 2.05) is 0 Å². The van der Waals surface area contributed by atoms with E-state index in [4.69, 9.17) is 14.6 Å². The third kappa shape index (κ3) is 5.96. The first kappa shape index (κ1) is 25.5. The van der Waals surface area contributed by atoms with Crippen molar-refractivity contribution in [2.45, 2.75) is 58.3 Å². The molecule has 3 saturated heterocycles. The second-order valence-electron chi connectivity index (χ2n) is 10.7. The topological polar surface area (TPSA) is 79.3 Å². The van der Waals surface area contributed by atoms with Crippen LogP contribution < -0.4 is 0 Å². The second-order valence-corrected chi connectivity index (χ2v) is 10.7. The first-order chi connectivity index (χ1) is 16.7. The number of amides is 1. The Hall–Kier alpha value is -2.64. The van der Waals surface area contributed by atoms with Gasteiger partial charge in [0.05, 0.1) is 18.2 Å². The van der Waals surface area contributed by atoms with E-state index in [0.717, 1.165) is 56.6 Å². The lowest BCUT2D eigenvalue weighted by atomic mass is 9.81. The minimum atomic E-state index is -0.954. The monoisotopic (exact) mass is 482 g/mol. The van der Waals surface area contributed by atoms with Gasteiger partial charge in [-0.2, -0.15) is 0 Å². The molecule has 3 aliphatic heterocycles. The number of carbonyl (C=O) groups excluding carboxylic acids is 1. The largest absolute Gasteiger partial charge is 0.478 e. The molecule has 4 rings (SSSR count). The summed E-state index contributed by atoms with van der Waals surface area (Å²) in [5, 5.41) is 9.07. The minimum absolute atomic E-state index is 0.0996. The molecule has 3 fully saturated rings. The molecule has 3 unspecified atom stereocenters. The predicted octanol–water partition coefficient (Wildman–Crippen LogP) is 4.74. The molecule has 3 aliphatic rings. The number of rotatable bonds is 7. The van der Waals surface area contributed by atoms with Gasteiger partial charge in [0, 0.05) is 51.5 Å². The summed E-state index contributed by atoms with van der Waals surface area (Å²) in [6, 6.07) is 6.66. The third-order valence-electron chi connectivity index (χ3n) is 7.70. The second kappa shape index (κ2) is 10.5. The summed E-state index contributed by atoms with van der Waals surface area (Å²) in [6.45, 7) is 15.2. The Labute approximate surface area is 208 Å². The Morgan fingerprint density at radius 1 is 1.23 bits per heavy atom. The molecule has 7 nitrogen and oxygen atoms in total. The molecule has 3 atom stereocenters. The molecule has 0 bridgehead atoms. The minimum Gasteiger partial charge on any atom is -0.478 e. The summed E-state index contributed by atoms with van der Waals surface area (Å²) < 4.78 is 11.9. The summed E-state index contributed by atoms with van der Waals surface area (Å²) in [7, 11) is 0. The van der Waals surface area contributed by atoms with E-state index in [0.29, 0.717) is 24.9 Å². The number of hydrogen-bond acceptors (Lipinski definition) is 5. The van der Waals surface area contributed by atoms with Crippen molar-refractivity contribution >= 4 is 12.1 Å². The number of carbonyl (C=O) groups is 2. The molecular weight excluding hydrogens is 444 g/mol. The van der Waals surface area contributed by atoms with E-state index in [1.54, 1.807) is 29.2 Å². The Bertz CT molecular complexity index is 978. The van der Waals surface area contributed by atoms with Crippen LogP contribution in [-0.2, 0) is 16.0 Å². The number of aromatic carboxylic acids is 1. The Morgan fingerprint density at radius 3 is 2.54 bits per heavy atom. The van der Waals surface area contributed by atoms with Crippen molar-refractivity contribution in [1.29, 1.82) is 0 Å². The Balaban J connectivity index is 1.31. The number of nitrogens with zero attached hydrogens (tertiary/aromatic N) is 2. The molecule has 35 heavy (non-hydrogen) atoms. The molecule has 190 valence electrons. The van der Waals surface area contributed by atoms with Crippen LogP contribution in [0.1, 0.15) is 56.0 Å². The zero-order valence-electron chi connectivity index (χ0n) is 21.2. The number of carboxylic acids is 1. The van der Waals surface area contributed by atoms with Gasteiger partial charge in [0.15, 0.2) is 0 Å². The fourth-order valence-electron chi connectivity index (χ4n) is 5.61. The van der Waals surface area contributed by atoms with Gasteiger partial charge in [-0.05, 0) is 43.9 Å². The lowest BCUT2D eigenvalue weighted by molar-refractivity contribution is -0.0140. The van der Waals surface area contributed by atoms with Gasteiger partial charge >= 0.3 is 12.1 Å². The predicted molar refractivity (Wildman–Crippen MR) is 134 cm³/mol. The molecule has 1 aromatic carbocycles. The van der Waals surface area contributed by atoms with E-state index in [1.165, 1.54) is 5.57 Å². The molecule has 1 aromatic rings. The van der Waals surface area contributed by atoms with Crippen LogP contribution in [0.15, 0.2) is 48.1 Å². The highest BCUT2D eigenvalue weighted by Crippen LogP contribution is 2.35. The van der Waals surface area contributed by atoms with Crippen LogP contribution in [-0.4, -0.2) is 71.5 Å². The van der Waals surface area contributed by atoms with Gasteiger partial charge in [-0.15, -0.1) is 0 Å². The standard InChI is InChI=1S/C28H38N2O5/c1-19(2)25-24(21(4)9-14-34-25)15-20(3)16-29-12-10-28(11-13-29)18-30(27(33)35-28)17-22-5-7-23(8-6-22)26(31)32/h5-8,15,21,24-25H,1,9-14,16-18H2,2-4H3,(H,31,32)/b20-15+. The van der Waals surface area contributed by atoms with E-state index in [-0.39, 0.29) is 17.8 Å². The molecule has 0 aliphatic carbocycles. The zero-order chi connectivity index (χ0) is 25.2. The molecular formula is C28H38N2O5. The van der Waals surface area contributed by atoms with Crippen LogP contribution in [0.25, 0.3) is 0 Å². The van der Waals surface area contributed by atoms with Crippen molar-refractivity contribution < 1.29 is 24.2 Å². The summed E-state index contributed by atoms with van der Waals surface area (Å²) >= 11 is 0. The average molecular weight is 483 g/mol. The molecule has 1 N–H and O–H groups in total. The van der Waals surface area contributed by atoms with Crippen molar-refractivity contribution in [3.63, 3.8) is 0 Å². The Kier molecular flexibility index (Phi) is 7.67. The Morgan fingerprint density at radius 2 is 1.91 bits per heavy atom. The van der Waals surface area contributed by atoms with Gasteiger partial charge in [0.1, 0.15) is 5.60 Å². The number of piperidine rings is 1. The summed E-state index contributed by atoms with van der Waals surface area (Å²) in [6.07, 6.45) is 4.92. The van der Waals surface area contributed by atoms with E-state index in [9.17, 15) is 9.59 Å². The smallest absolute Gasteiger partial charge is 0.410 e. The average Bonchev–Trinajstić information content (AvgIpc) is 3.11. The van der Waals surface area contributed by atoms with Crippen LogP contribution in [0.3, 0.4) is 0 Å². The van der Waals surface area contributed by atoms with Crippen molar-refractivity contribution in [3.05, 3.63) is 59.2 Å². The van der Waals surface area contributed by atoms with Gasteiger partial charge in [-0.1, -0.05) is 42.9 Å². The van der Waals surface area contributed by atoms with Crippen LogP contribution >= 0.6 is 0 Å². The number of ether oxygens (including phenoxy) is 2. The van der Waals surface area contributed by atoms with Crippen LogP contribution in [0.4, 0.5) is 4.79 Å². The maximum atomic E-state index is 12.6. The highest BCUT2D eigenvalue weighted by Gasteiger charge is 2.46. The van der Waals surface area contributed by atoms with Crippen LogP contribution in [0.2, 0.25) is 0 Å². The normalized spacial score (nSPS) is 27.2. The highest BCUT2D eigenvalue weighted by molar-refractivity contribution is 5.87. The fraction of sp³-hybridized carbons (Fsp3) is 0.571. The summed E-state index contributed by atoms with van der Waals surface area (Å²) in [4.78, 5) is 27.8. The van der Waals surface area contributed by atoms with Crippen molar-refractivity contribution in [2.75, 3.05) is 32.8 Å². The van der Waals surface area contributed by atoms with E-state index < -0.39 is 11.6 Å². The zero-order valence-corrected chi connectivity index (χ0v) is 21.2. The van der Waals surface area contributed by atoms with Gasteiger partial charge < -0.3 is 14.6 Å². The maximum absolute atomic E-state index is 12.6. The van der Waals surface area contributed by atoms with Crippen LogP contribution in [0.5, 0.6) is 0 Å². The number of likely N-dealkylation sites (tertiary alicyclic amines) is 1. The van der Waals surface area contributed by atoms with Gasteiger partial charge in [0.25, 0.3) is 0 Å². The molecule has 1 spiro atoms. The first-order valence-electron chi connectivity index (χ1n) is 12.6. The summed E-state index contributed by atoms with van der Waals surface area (Å²) in [5.74, 6) is -0.00863. The first-order valence-corrected chi connectivity index (χ1v) is 12.6. The van der Waals surface area contributed by atoms with Crippen molar-refractivity contribution in [3.8, 4) is 0 Å². The number of hydrogen-bond donors (Lipinski definition) is 1. The molecule has 3 heterocycles. The molecule has 0 aromatic heterocycles. The molecule has 1 amide bonds. The van der Waals surface area contributed by atoms with E-state index >= 15 is 0 Å². The third-order valence-corrected chi connectivity index (χ3v) is 7.70. The number of benzene rings is 1. The van der Waals surface area contributed by atoms with Gasteiger partial charge in [-0.25, -0.2) is 9.59 Å². The fourth-order valence-corrected chi connectivity index (χ4v) is 5.61. The SMILES string of the molecule is C=C(C)C1OCCC(C)C1/C=C(\C)CN1CCC2(CC1)CN(Cc1ccc(C(=O)O)cc1)C(=O)O2. The molecule has 0 saturated carbocycles. The van der Waals surface area contributed by atoms with Gasteiger partial charge in [-0.3, -0.25) is 9.80 Å².